The van der Waals surface area contributed by atoms with E-state index in [1.54, 1.807) is 0 Å². The Labute approximate surface area is 530 Å². The molecule has 87 heavy (non-hydrogen) atoms. The van der Waals surface area contributed by atoms with Gasteiger partial charge in [-0.15, -0.1) is 0 Å². The lowest BCUT2D eigenvalue weighted by molar-refractivity contribution is -0.161. The van der Waals surface area contributed by atoms with Gasteiger partial charge < -0.3 is 33.8 Å². The number of aliphatic hydroxyl groups is 1. The highest BCUT2D eigenvalue weighted by atomic mass is 31.2. The molecule has 3 unspecified atom stereocenters. The van der Waals surface area contributed by atoms with Crippen molar-refractivity contribution in [2.45, 2.75) is 350 Å². The Kier molecular flexibility index (Phi) is 56.6. The van der Waals surface area contributed by atoms with Crippen LogP contribution in [-0.2, 0) is 65.4 Å². The molecule has 0 bridgehead atoms. The van der Waals surface area contributed by atoms with Crippen LogP contribution in [-0.4, -0.2) is 96.7 Å². The lowest BCUT2D eigenvalue weighted by Crippen LogP contribution is -2.30. The van der Waals surface area contributed by atoms with Crippen LogP contribution in [0.1, 0.15) is 331 Å². The van der Waals surface area contributed by atoms with Crippen LogP contribution < -0.4 is 0 Å². The molecule has 17 nitrogen and oxygen atoms in total. The summed E-state index contributed by atoms with van der Waals surface area (Å²) in [6, 6.07) is 0. The number of phosphoric ester groups is 2. The summed E-state index contributed by atoms with van der Waals surface area (Å²) in [5, 5.41) is 10.6. The van der Waals surface area contributed by atoms with Crippen LogP contribution in [0.3, 0.4) is 0 Å². The van der Waals surface area contributed by atoms with Gasteiger partial charge in [0.25, 0.3) is 0 Å². The number of phosphoric acid groups is 2. The molecule has 0 spiro atoms. The number of unbranched alkanes of at least 4 members (excludes halogenated alkanes) is 30. The third kappa shape index (κ3) is 61.3. The van der Waals surface area contributed by atoms with Gasteiger partial charge in [-0.2, -0.15) is 0 Å². The SMILES string of the molecule is CCC(C)CCCCCCCCCCC(=O)O[C@H](COC(=O)CCCCCCCCC(C)C)COP(=O)(O)OC[C@H](O)COP(=O)(O)OC[C@@H](COC(=O)CCCCCCCCCCCCCCC(C)C)OC(=O)CCCCCCCCCCC(C)C. The zero-order valence-electron chi connectivity index (χ0n) is 56.6. The normalized spacial score (nSPS) is 14.6. The summed E-state index contributed by atoms with van der Waals surface area (Å²) >= 11 is 0. The Morgan fingerprint density at radius 3 is 0.816 bits per heavy atom. The quantitative estimate of drug-likeness (QED) is 0.0222. The molecule has 6 atom stereocenters. The summed E-state index contributed by atoms with van der Waals surface area (Å²) in [7, 11) is -9.90. The van der Waals surface area contributed by atoms with Gasteiger partial charge in [0, 0.05) is 25.7 Å². The highest BCUT2D eigenvalue weighted by Crippen LogP contribution is 2.45. The zero-order valence-corrected chi connectivity index (χ0v) is 58.4. The monoisotopic (exact) mass is 1280 g/mol. The smallest absolute Gasteiger partial charge is 0.462 e. The van der Waals surface area contributed by atoms with E-state index in [0.29, 0.717) is 31.6 Å². The molecular formula is C68H132O17P2. The number of ether oxygens (including phenoxy) is 4. The lowest BCUT2D eigenvalue weighted by Gasteiger charge is -2.21. The molecule has 516 valence electrons. The minimum Gasteiger partial charge on any atom is -0.462 e. The van der Waals surface area contributed by atoms with Crippen LogP contribution in [0.15, 0.2) is 0 Å². The molecule has 19 heteroatoms. The molecule has 0 aromatic carbocycles. The first-order chi connectivity index (χ1) is 41.6. The third-order valence-corrected chi connectivity index (χ3v) is 17.8. The molecule has 3 N–H and O–H groups in total. The standard InChI is InChI=1S/C68H132O17P2/c1-9-61(8)47-39-31-22-17-19-25-35-43-51-68(73)85-64(55-79-66(71)49-41-33-27-26-30-38-46-60(6)7)57-83-87(76,77)81-53-62(69)52-80-86(74,75)82-56-63(84-67(72)50-42-34-24-18-16-21-29-37-45-59(4)5)54-78-65(70)48-40-32-23-15-13-11-10-12-14-20-28-36-44-58(2)3/h58-64,69H,9-57H2,1-8H3,(H,74,75)(H,76,77)/t61?,62-,63-,64-/m1/s1. The summed E-state index contributed by atoms with van der Waals surface area (Å²) in [6.07, 6.45) is 39.1. The number of aliphatic hydroxyl groups excluding tert-OH is 1. The molecule has 0 fully saturated rings. The van der Waals surface area contributed by atoms with Crippen molar-refractivity contribution in [3.8, 4) is 0 Å². The third-order valence-electron chi connectivity index (χ3n) is 15.9. The Morgan fingerprint density at radius 1 is 0.322 bits per heavy atom. The van der Waals surface area contributed by atoms with Gasteiger partial charge in [-0.1, -0.05) is 280 Å². The van der Waals surface area contributed by atoms with Crippen molar-refractivity contribution in [3.63, 3.8) is 0 Å². The molecule has 0 aliphatic rings. The maximum Gasteiger partial charge on any atom is 0.472 e. The Hall–Kier alpha value is -1.94. The van der Waals surface area contributed by atoms with E-state index in [-0.39, 0.29) is 25.7 Å². The first-order valence-electron chi connectivity index (χ1n) is 35.2. The van der Waals surface area contributed by atoms with Crippen LogP contribution in [0.2, 0.25) is 0 Å². The second kappa shape index (κ2) is 57.9. The second-order valence-electron chi connectivity index (χ2n) is 26.2. The molecular weight excluding hydrogens is 1150 g/mol. The van der Waals surface area contributed by atoms with Crippen LogP contribution in [0, 0.1) is 23.7 Å². The van der Waals surface area contributed by atoms with Crippen molar-refractivity contribution >= 4 is 39.5 Å². The first-order valence-corrected chi connectivity index (χ1v) is 38.2. The molecule has 0 aliphatic heterocycles. The van der Waals surface area contributed by atoms with Gasteiger partial charge in [0.1, 0.15) is 19.3 Å². The summed E-state index contributed by atoms with van der Waals surface area (Å²) in [5.74, 6) is 0.813. The van der Waals surface area contributed by atoms with Crippen LogP contribution >= 0.6 is 15.6 Å². The average Bonchev–Trinajstić information content (AvgIpc) is 3.68. The van der Waals surface area contributed by atoms with Crippen LogP contribution in [0.5, 0.6) is 0 Å². The van der Waals surface area contributed by atoms with Gasteiger partial charge in [0.2, 0.25) is 0 Å². The molecule has 0 rings (SSSR count). The summed E-state index contributed by atoms with van der Waals surface area (Å²) < 4.78 is 68.2. The summed E-state index contributed by atoms with van der Waals surface area (Å²) in [6.45, 7) is 14.0. The summed E-state index contributed by atoms with van der Waals surface area (Å²) in [5.41, 5.74) is 0. The Morgan fingerprint density at radius 2 is 0.552 bits per heavy atom. The first kappa shape index (κ1) is 85.1. The van der Waals surface area contributed by atoms with E-state index in [1.807, 2.05) is 0 Å². The van der Waals surface area contributed by atoms with Crippen molar-refractivity contribution in [2.24, 2.45) is 23.7 Å². The van der Waals surface area contributed by atoms with Gasteiger partial charge >= 0.3 is 39.5 Å². The largest absolute Gasteiger partial charge is 0.472 e. The van der Waals surface area contributed by atoms with Gasteiger partial charge in [-0.25, -0.2) is 9.13 Å². The molecule has 0 aromatic rings. The number of hydrogen-bond acceptors (Lipinski definition) is 15. The van der Waals surface area contributed by atoms with E-state index in [4.69, 9.17) is 37.0 Å². The molecule has 0 amide bonds. The molecule has 0 saturated carbocycles. The molecule has 0 aromatic heterocycles. The molecule has 0 aliphatic carbocycles. The van der Waals surface area contributed by atoms with Crippen molar-refractivity contribution in [3.05, 3.63) is 0 Å². The zero-order chi connectivity index (χ0) is 64.7. The van der Waals surface area contributed by atoms with E-state index in [2.05, 4.69) is 55.4 Å². The van der Waals surface area contributed by atoms with Crippen molar-refractivity contribution in [1.82, 2.24) is 0 Å². The van der Waals surface area contributed by atoms with Crippen LogP contribution in [0.4, 0.5) is 0 Å². The van der Waals surface area contributed by atoms with E-state index < -0.39 is 97.5 Å². The highest BCUT2D eigenvalue weighted by Gasteiger charge is 2.30. The topological polar surface area (TPSA) is 237 Å². The average molecular weight is 1280 g/mol. The second-order valence-corrected chi connectivity index (χ2v) is 29.1. The van der Waals surface area contributed by atoms with Crippen LogP contribution in [0.25, 0.3) is 0 Å². The van der Waals surface area contributed by atoms with Gasteiger partial charge in [-0.3, -0.25) is 37.3 Å². The van der Waals surface area contributed by atoms with Gasteiger partial charge in [0.15, 0.2) is 12.2 Å². The molecule has 0 saturated heterocycles. The summed E-state index contributed by atoms with van der Waals surface area (Å²) in [4.78, 5) is 72.4. The number of carbonyl (C=O) groups is 4. The van der Waals surface area contributed by atoms with Gasteiger partial charge in [0.05, 0.1) is 26.4 Å². The van der Waals surface area contributed by atoms with E-state index in [0.717, 1.165) is 114 Å². The number of hydrogen-bond donors (Lipinski definition) is 3. The fraction of sp³-hybridized carbons (Fsp3) is 0.941. The van der Waals surface area contributed by atoms with Crippen molar-refractivity contribution in [1.29, 1.82) is 0 Å². The van der Waals surface area contributed by atoms with E-state index in [9.17, 15) is 43.2 Å². The minimum atomic E-state index is -4.95. The Bertz CT molecular complexity index is 1730. The number of esters is 4. The lowest BCUT2D eigenvalue weighted by atomic mass is 9.99. The predicted octanol–water partition coefficient (Wildman–Crippen LogP) is 18.9. The van der Waals surface area contributed by atoms with Crippen molar-refractivity contribution in [2.75, 3.05) is 39.6 Å². The van der Waals surface area contributed by atoms with E-state index in [1.165, 1.54) is 128 Å². The number of carbonyl (C=O) groups excluding carboxylic acids is 4. The maximum absolute atomic E-state index is 13.0. The highest BCUT2D eigenvalue weighted by molar-refractivity contribution is 7.47. The predicted molar refractivity (Wildman–Crippen MR) is 349 cm³/mol. The fourth-order valence-corrected chi connectivity index (χ4v) is 11.7. The fourth-order valence-electron chi connectivity index (χ4n) is 10.1. The minimum absolute atomic E-state index is 0.103. The van der Waals surface area contributed by atoms with Crippen molar-refractivity contribution < 1.29 is 80.2 Å². The Balaban J connectivity index is 5.24. The molecule has 0 radical (unpaired) electrons. The van der Waals surface area contributed by atoms with Gasteiger partial charge in [-0.05, 0) is 49.4 Å². The molecule has 0 heterocycles. The maximum atomic E-state index is 13.0. The number of rotatable bonds is 65. The van der Waals surface area contributed by atoms with E-state index >= 15 is 0 Å².